The quantitative estimate of drug-likeness (QED) is 0.562. The van der Waals surface area contributed by atoms with Gasteiger partial charge in [0.25, 0.3) is 5.88 Å². The summed E-state index contributed by atoms with van der Waals surface area (Å²) in [6.45, 7) is 3.07. The summed E-state index contributed by atoms with van der Waals surface area (Å²) in [4.78, 5) is 39.2. The largest absolute Gasteiger partial charge is 0.476 e. The van der Waals surface area contributed by atoms with E-state index in [4.69, 9.17) is 9.47 Å². The number of carbonyl (C=O) groups is 1. The van der Waals surface area contributed by atoms with Crippen molar-refractivity contribution in [1.82, 2.24) is 14.3 Å². The Balaban J connectivity index is 1.73. The second-order valence-corrected chi connectivity index (χ2v) is 7.83. The van der Waals surface area contributed by atoms with Crippen LogP contribution in [0.15, 0.2) is 46.0 Å². The number of hydrogen-bond donors (Lipinski definition) is 1. The van der Waals surface area contributed by atoms with Gasteiger partial charge < -0.3 is 19.7 Å². The molecule has 3 aromatic rings. The molecule has 1 aromatic heterocycles. The van der Waals surface area contributed by atoms with Crippen LogP contribution in [0.4, 0.5) is 20.2 Å². The van der Waals surface area contributed by atoms with E-state index in [2.05, 4.69) is 10.4 Å². The molecule has 1 amide bonds. The Morgan fingerprint density at radius 2 is 1.86 bits per heavy atom. The van der Waals surface area contributed by atoms with Crippen molar-refractivity contribution >= 4 is 17.3 Å². The van der Waals surface area contributed by atoms with Gasteiger partial charge >= 0.3 is 11.2 Å². The van der Waals surface area contributed by atoms with E-state index in [1.165, 1.54) is 32.2 Å². The highest BCUT2D eigenvalue weighted by atomic mass is 19.1. The van der Waals surface area contributed by atoms with Gasteiger partial charge in [0.05, 0.1) is 43.9 Å². The lowest BCUT2D eigenvalue weighted by atomic mass is 10.1. The van der Waals surface area contributed by atoms with E-state index in [1.807, 2.05) is 4.90 Å². The molecule has 1 N–H and O–H groups in total. The third kappa shape index (κ3) is 5.06. The Bertz CT molecular complexity index is 1380. The van der Waals surface area contributed by atoms with Crippen LogP contribution < -0.4 is 26.2 Å². The average Bonchev–Trinajstić information content (AvgIpc) is 2.84. The number of anilines is 2. The highest BCUT2D eigenvalue weighted by Gasteiger charge is 2.19. The molecular weight excluding hydrogens is 464 g/mol. The summed E-state index contributed by atoms with van der Waals surface area (Å²) in [5, 5.41) is 6.25. The number of halogens is 2. The second-order valence-electron chi connectivity index (χ2n) is 7.83. The van der Waals surface area contributed by atoms with Crippen molar-refractivity contribution in [1.29, 1.82) is 0 Å². The number of nitrogens with zero attached hydrogens (tertiary/aromatic N) is 4. The zero-order valence-electron chi connectivity index (χ0n) is 19.1. The van der Waals surface area contributed by atoms with E-state index in [0.717, 1.165) is 15.3 Å². The normalized spacial score (nSPS) is 13.5. The lowest BCUT2D eigenvalue weighted by Gasteiger charge is -2.29. The molecule has 1 aliphatic rings. The van der Waals surface area contributed by atoms with E-state index >= 15 is 0 Å². The summed E-state index contributed by atoms with van der Waals surface area (Å²) < 4.78 is 41.0. The zero-order chi connectivity index (χ0) is 25.1. The van der Waals surface area contributed by atoms with Crippen molar-refractivity contribution in [3.63, 3.8) is 0 Å². The first kappa shape index (κ1) is 24.1. The molecule has 0 saturated carbocycles. The summed E-state index contributed by atoms with van der Waals surface area (Å²) in [6, 6.07) is 8.01. The predicted molar refractivity (Wildman–Crippen MR) is 123 cm³/mol. The molecule has 1 fully saturated rings. The van der Waals surface area contributed by atoms with Gasteiger partial charge in [-0.2, -0.15) is 4.68 Å². The minimum absolute atomic E-state index is 0.0843. The third-order valence-corrected chi connectivity index (χ3v) is 5.43. The van der Waals surface area contributed by atoms with Gasteiger partial charge in [-0.25, -0.2) is 18.1 Å². The smallest absolute Gasteiger partial charge is 0.352 e. The van der Waals surface area contributed by atoms with E-state index in [9.17, 15) is 23.2 Å². The van der Waals surface area contributed by atoms with Crippen molar-refractivity contribution in [2.45, 2.75) is 13.5 Å². The molecule has 0 spiro atoms. The van der Waals surface area contributed by atoms with Gasteiger partial charge in [0.15, 0.2) is 0 Å². The van der Waals surface area contributed by atoms with Crippen molar-refractivity contribution in [3.05, 3.63) is 74.4 Å². The Morgan fingerprint density at radius 3 is 2.51 bits per heavy atom. The number of methoxy groups -OCH3 is 1. The Hall–Kier alpha value is -4.06. The molecule has 2 heterocycles. The van der Waals surface area contributed by atoms with Gasteiger partial charge in [-0.1, -0.05) is 6.07 Å². The van der Waals surface area contributed by atoms with E-state index in [0.29, 0.717) is 37.6 Å². The Kier molecular flexibility index (Phi) is 6.92. The predicted octanol–water partition coefficient (Wildman–Crippen LogP) is 1.52. The Morgan fingerprint density at radius 1 is 1.11 bits per heavy atom. The fourth-order valence-corrected chi connectivity index (χ4v) is 3.75. The SMILES string of the molecule is COc1nn(-c2ccc(F)c(NC(C)=O)c2)c(=O)n(Cc2ccc(N3CCOCC3)c(F)c2)c1=O. The Labute approximate surface area is 198 Å². The third-order valence-electron chi connectivity index (χ3n) is 5.43. The monoisotopic (exact) mass is 487 g/mol. The molecule has 0 atom stereocenters. The molecule has 1 saturated heterocycles. The van der Waals surface area contributed by atoms with Gasteiger partial charge in [0.2, 0.25) is 5.91 Å². The van der Waals surface area contributed by atoms with Crippen LogP contribution in [-0.4, -0.2) is 53.7 Å². The van der Waals surface area contributed by atoms with Gasteiger partial charge in [-0.15, -0.1) is 5.10 Å². The van der Waals surface area contributed by atoms with Crippen molar-refractivity contribution in [3.8, 4) is 11.6 Å². The maximum Gasteiger partial charge on any atom is 0.352 e. The average molecular weight is 487 g/mol. The van der Waals surface area contributed by atoms with Gasteiger partial charge in [-0.05, 0) is 35.9 Å². The van der Waals surface area contributed by atoms with Gasteiger partial charge in [0, 0.05) is 20.0 Å². The van der Waals surface area contributed by atoms with Crippen LogP contribution in [0.3, 0.4) is 0 Å². The summed E-state index contributed by atoms with van der Waals surface area (Å²) in [5.41, 5.74) is -0.964. The number of aromatic nitrogens is 3. The first-order valence-electron chi connectivity index (χ1n) is 10.8. The summed E-state index contributed by atoms with van der Waals surface area (Å²) in [7, 11) is 1.22. The lowest BCUT2D eigenvalue weighted by molar-refractivity contribution is -0.114. The summed E-state index contributed by atoms with van der Waals surface area (Å²) in [5.74, 6) is -2.10. The first-order valence-corrected chi connectivity index (χ1v) is 10.8. The number of rotatable bonds is 6. The van der Waals surface area contributed by atoms with Crippen LogP contribution in [0, 0.1) is 11.6 Å². The fraction of sp³-hybridized carbons (Fsp3) is 0.304. The molecule has 10 nitrogen and oxygen atoms in total. The highest BCUT2D eigenvalue weighted by molar-refractivity contribution is 5.89. The van der Waals surface area contributed by atoms with Crippen molar-refractivity contribution < 1.29 is 23.0 Å². The fourth-order valence-electron chi connectivity index (χ4n) is 3.75. The zero-order valence-corrected chi connectivity index (χ0v) is 19.1. The number of ether oxygens (including phenoxy) is 2. The maximum absolute atomic E-state index is 14.9. The van der Waals surface area contributed by atoms with Crippen LogP contribution in [0.5, 0.6) is 5.88 Å². The van der Waals surface area contributed by atoms with E-state index in [1.54, 1.807) is 12.1 Å². The summed E-state index contributed by atoms with van der Waals surface area (Å²) >= 11 is 0. The molecular formula is C23H23F2N5O5. The summed E-state index contributed by atoms with van der Waals surface area (Å²) in [6.07, 6.45) is 0. The number of carbonyl (C=O) groups excluding carboxylic acids is 1. The van der Waals surface area contributed by atoms with E-state index < -0.39 is 28.8 Å². The molecule has 12 heteroatoms. The standard InChI is InChI=1S/C23H23F2N5O5/c1-14(31)26-19-12-16(4-5-17(19)24)30-23(33)29(22(32)21(27-30)34-2)13-15-3-6-20(18(25)11-15)28-7-9-35-10-8-28/h3-6,11-12H,7-10,13H2,1-2H3,(H,26,31). The number of nitrogens with one attached hydrogen (secondary N) is 1. The highest BCUT2D eigenvalue weighted by Crippen LogP contribution is 2.22. The number of benzene rings is 2. The maximum atomic E-state index is 14.9. The van der Waals surface area contributed by atoms with Crippen molar-refractivity contribution in [2.24, 2.45) is 0 Å². The van der Waals surface area contributed by atoms with Gasteiger partial charge in [0.1, 0.15) is 11.6 Å². The van der Waals surface area contributed by atoms with Crippen LogP contribution >= 0.6 is 0 Å². The molecule has 184 valence electrons. The lowest BCUT2D eigenvalue weighted by Crippen LogP contribution is -2.41. The molecule has 0 unspecified atom stereocenters. The number of morpholine rings is 1. The first-order chi connectivity index (χ1) is 16.8. The van der Waals surface area contributed by atoms with Gasteiger partial charge in [-0.3, -0.25) is 9.59 Å². The topological polar surface area (TPSA) is 108 Å². The van der Waals surface area contributed by atoms with Crippen LogP contribution in [0.1, 0.15) is 12.5 Å². The molecule has 35 heavy (non-hydrogen) atoms. The molecule has 4 rings (SSSR count). The van der Waals surface area contributed by atoms with Crippen LogP contribution in [0.25, 0.3) is 5.69 Å². The van der Waals surface area contributed by atoms with E-state index in [-0.39, 0.29) is 23.8 Å². The molecule has 0 radical (unpaired) electrons. The molecule has 1 aliphatic heterocycles. The minimum atomic E-state index is -0.853. The van der Waals surface area contributed by atoms with Crippen molar-refractivity contribution in [2.75, 3.05) is 43.6 Å². The molecule has 2 aromatic carbocycles. The van der Waals surface area contributed by atoms with Crippen LogP contribution in [-0.2, 0) is 16.1 Å². The minimum Gasteiger partial charge on any atom is -0.476 e. The molecule has 0 bridgehead atoms. The van der Waals surface area contributed by atoms with Crippen LogP contribution in [0.2, 0.25) is 0 Å². The second kappa shape index (κ2) is 10.1. The number of hydrogen-bond acceptors (Lipinski definition) is 7. The number of amides is 1. The molecule has 0 aliphatic carbocycles.